The van der Waals surface area contributed by atoms with Gasteiger partial charge in [0.05, 0.1) is 12.8 Å². The summed E-state index contributed by atoms with van der Waals surface area (Å²) in [7, 11) is 0. The van der Waals surface area contributed by atoms with Crippen LogP contribution in [0.1, 0.15) is 26.7 Å². The Kier molecular flexibility index (Phi) is 4.30. The summed E-state index contributed by atoms with van der Waals surface area (Å²) < 4.78 is 5.56. The van der Waals surface area contributed by atoms with Gasteiger partial charge in [-0.1, -0.05) is 20.3 Å². The van der Waals surface area contributed by atoms with E-state index in [0.717, 1.165) is 12.4 Å². The summed E-state index contributed by atoms with van der Waals surface area (Å²) in [6.07, 6.45) is 5.94. The molecular weight excluding hydrogens is 162 g/mol. The Morgan fingerprint density at radius 2 is 2.38 bits per heavy atom. The Bertz CT molecular complexity index is 223. The first-order valence-corrected chi connectivity index (χ1v) is 4.85. The lowest BCUT2D eigenvalue weighted by Crippen LogP contribution is -2.08. The van der Waals surface area contributed by atoms with Gasteiger partial charge in [-0.15, -0.1) is 0 Å². The number of rotatable bonds is 5. The Morgan fingerprint density at radius 1 is 1.54 bits per heavy atom. The summed E-state index contributed by atoms with van der Waals surface area (Å²) in [6, 6.07) is 3.82. The second-order valence-electron chi connectivity index (χ2n) is 3.39. The van der Waals surface area contributed by atoms with Crippen molar-refractivity contribution in [1.82, 2.24) is 4.98 Å². The van der Waals surface area contributed by atoms with E-state index < -0.39 is 0 Å². The third kappa shape index (κ3) is 3.92. The number of nitrogens with zero attached hydrogens (tertiary/aromatic N) is 1. The fourth-order valence-corrected chi connectivity index (χ4v) is 1.25. The van der Waals surface area contributed by atoms with Crippen molar-refractivity contribution >= 4 is 0 Å². The van der Waals surface area contributed by atoms with Crippen LogP contribution in [0, 0.1) is 5.92 Å². The maximum atomic E-state index is 5.56. The molecule has 0 aliphatic rings. The van der Waals surface area contributed by atoms with E-state index in [9.17, 15) is 0 Å². The van der Waals surface area contributed by atoms with Gasteiger partial charge in [0.25, 0.3) is 0 Å². The lowest BCUT2D eigenvalue weighted by Gasteiger charge is -2.11. The van der Waals surface area contributed by atoms with Crippen molar-refractivity contribution in [3.63, 3.8) is 0 Å². The summed E-state index contributed by atoms with van der Waals surface area (Å²) in [6.45, 7) is 5.19. The van der Waals surface area contributed by atoms with Gasteiger partial charge in [0.2, 0.25) is 0 Å². The zero-order valence-electron chi connectivity index (χ0n) is 8.36. The van der Waals surface area contributed by atoms with Gasteiger partial charge in [0.15, 0.2) is 0 Å². The highest BCUT2D eigenvalue weighted by molar-refractivity contribution is 5.15. The number of hydrogen-bond acceptors (Lipinski definition) is 2. The highest BCUT2D eigenvalue weighted by Crippen LogP contribution is 2.10. The molecule has 2 nitrogen and oxygen atoms in total. The molecular formula is C11H17NO. The molecule has 1 rings (SSSR count). The molecule has 0 saturated carbocycles. The van der Waals surface area contributed by atoms with Crippen LogP contribution in [0.5, 0.6) is 5.75 Å². The minimum atomic E-state index is 0.630. The van der Waals surface area contributed by atoms with E-state index in [2.05, 4.69) is 18.8 Å². The van der Waals surface area contributed by atoms with Crippen molar-refractivity contribution < 1.29 is 4.74 Å². The molecule has 1 aromatic heterocycles. The highest BCUT2D eigenvalue weighted by Gasteiger charge is 2.01. The van der Waals surface area contributed by atoms with Gasteiger partial charge in [0.1, 0.15) is 5.75 Å². The summed E-state index contributed by atoms with van der Waals surface area (Å²) in [5, 5.41) is 0. The third-order valence-corrected chi connectivity index (χ3v) is 1.95. The Labute approximate surface area is 80.0 Å². The standard InChI is InChI=1S/C11H17NO/c1-3-5-10(2)9-13-11-6-4-7-12-8-11/h4,6-8,10H,3,5,9H2,1-2H3. The Hall–Kier alpha value is -1.05. The maximum absolute atomic E-state index is 5.56. The van der Waals surface area contributed by atoms with Gasteiger partial charge in [-0.25, -0.2) is 0 Å². The second-order valence-corrected chi connectivity index (χ2v) is 3.39. The second kappa shape index (κ2) is 5.57. The maximum Gasteiger partial charge on any atom is 0.137 e. The molecule has 1 heterocycles. The lowest BCUT2D eigenvalue weighted by atomic mass is 10.1. The molecule has 0 fully saturated rings. The van der Waals surface area contributed by atoms with Crippen LogP contribution in [-0.2, 0) is 0 Å². The molecule has 0 amide bonds. The molecule has 0 aliphatic heterocycles. The third-order valence-electron chi connectivity index (χ3n) is 1.95. The first kappa shape index (κ1) is 10.0. The zero-order chi connectivity index (χ0) is 9.52. The molecule has 0 N–H and O–H groups in total. The van der Waals surface area contributed by atoms with Crippen LogP contribution >= 0.6 is 0 Å². The van der Waals surface area contributed by atoms with Crippen LogP contribution in [0.4, 0.5) is 0 Å². The van der Waals surface area contributed by atoms with Gasteiger partial charge in [-0.05, 0) is 24.5 Å². The summed E-state index contributed by atoms with van der Waals surface area (Å²) in [4.78, 5) is 3.98. The van der Waals surface area contributed by atoms with Gasteiger partial charge in [-0.3, -0.25) is 4.98 Å². The fourth-order valence-electron chi connectivity index (χ4n) is 1.25. The fraction of sp³-hybridized carbons (Fsp3) is 0.545. The molecule has 1 atom stereocenters. The van der Waals surface area contributed by atoms with Gasteiger partial charge >= 0.3 is 0 Å². The molecule has 13 heavy (non-hydrogen) atoms. The normalized spacial score (nSPS) is 12.5. The van der Waals surface area contributed by atoms with E-state index in [1.54, 1.807) is 12.4 Å². The van der Waals surface area contributed by atoms with Crippen LogP contribution in [0.25, 0.3) is 0 Å². The summed E-state index contributed by atoms with van der Waals surface area (Å²) in [5.74, 6) is 1.50. The first-order chi connectivity index (χ1) is 6.33. The van der Waals surface area contributed by atoms with Crippen LogP contribution < -0.4 is 4.74 Å². The van der Waals surface area contributed by atoms with Gasteiger partial charge < -0.3 is 4.74 Å². The quantitative estimate of drug-likeness (QED) is 0.693. The van der Waals surface area contributed by atoms with Crippen molar-refractivity contribution in [3.05, 3.63) is 24.5 Å². The van der Waals surface area contributed by atoms with E-state index in [0.29, 0.717) is 5.92 Å². The average Bonchev–Trinajstić information content (AvgIpc) is 2.17. The SMILES string of the molecule is CCCC(C)COc1cccnc1. The molecule has 0 saturated heterocycles. The molecule has 2 heteroatoms. The molecule has 1 aromatic rings. The first-order valence-electron chi connectivity index (χ1n) is 4.85. The predicted molar refractivity (Wildman–Crippen MR) is 53.8 cm³/mol. The minimum absolute atomic E-state index is 0.630. The van der Waals surface area contributed by atoms with Crippen LogP contribution in [-0.4, -0.2) is 11.6 Å². The van der Waals surface area contributed by atoms with E-state index in [4.69, 9.17) is 4.74 Å². The van der Waals surface area contributed by atoms with Gasteiger partial charge in [0, 0.05) is 6.20 Å². The lowest BCUT2D eigenvalue weighted by molar-refractivity contribution is 0.251. The van der Waals surface area contributed by atoms with Crippen LogP contribution in [0.15, 0.2) is 24.5 Å². The largest absolute Gasteiger partial charge is 0.492 e. The van der Waals surface area contributed by atoms with Crippen molar-refractivity contribution in [2.24, 2.45) is 5.92 Å². The zero-order valence-corrected chi connectivity index (χ0v) is 8.36. The van der Waals surface area contributed by atoms with Crippen molar-refractivity contribution in [3.8, 4) is 5.75 Å². The number of aromatic nitrogens is 1. The number of pyridine rings is 1. The highest BCUT2D eigenvalue weighted by atomic mass is 16.5. The summed E-state index contributed by atoms with van der Waals surface area (Å²) >= 11 is 0. The molecule has 0 radical (unpaired) electrons. The topological polar surface area (TPSA) is 22.1 Å². The molecule has 0 bridgehead atoms. The molecule has 0 aliphatic carbocycles. The smallest absolute Gasteiger partial charge is 0.137 e. The van der Waals surface area contributed by atoms with E-state index >= 15 is 0 Å². The van der Waals surface area contributed by atoms with E-state index in [-0.39, 0.29) is 0 Å². The summed E-state index contributed by atoms with van der Waals surface area (Å²) in [5.41, 5.74) is 0. The monoisotopic (exact) mass is 179 g/mol. The van der Waals surface area contributed by atoms with Crippen molar-refractivity contribution in [2.45, 2.75) is 26.7 Å². The number of ether oxygens (including phenoxy) is 1. The van der Waals surface area contributed by atoms with Crippen LogP contribution in [0.2, 0.25) is 0 Å². The Morgan fingerprint density at radius 3 is 3.00 bits per heavy atom. The van der Waals surface area contributed by atoms with E-state index in [1.807, 2.05) is 12.1 Å². The molecule has 1 unspecified atom stereocenters. The van der Waals surface area contributed by atoms with Gasteiger partial charge in [-0.2, -0.15) is 0 Å². The number of hydrogen-bond donors (Lipinski definition) is 0. The van der Waals surface area contributed by atoms with E-state index in [1.165, 1.54) is 12.8 Å². The average molecular weight is 179 g/mol. The molecule has 0 aromatic carbocycles. The van der Waals surface area contributed by atoms with Crippen molar-refractivity contribution in [1.29, 1.82) is 0 Å². The minimum Gasteiger partial charge on any atom is -0.492 e. The Balaban J connectivity index is 2.27. The van der Waals surface area contributed by atoms with Crippen molar-refractivity contribution in [2.75, 3.05) is 6.61 Å². The predicted octanol–water partition coefficient (Wildman–Crippen LogP) is 2.90. The molecule has 72 valence electrons. The molecule has 0 spiro atoms. The van der Waals surface area contributed by atoms with Crippen LogP contribution in [0.3, 0.4) is 0 Å².